The summed E-state index contributed by atoms with van der Waals surface area (Å²) < 4.78 is 11.0. The van der Waals surface area contributed by atoms with Crippen LogP contribution in [0.15, 0.2) is 18.3 Å². The van der Waals surface area contributed by atoms with Gasteiger partial charge in [0.2, 0.25) is 0 Å². The minimum Gasteiger partial charge on any atom is -0.373 e. The summed E-state index contributed by atoms with van der Waals surface area (Å²) in [6.07, 6.45) is 3.13. The third kappa shape index (κ3) is 4.52. The Hall–Kier alpha value is -1.43. The maximum atomic E-state index is 11.8. The van der Waals surface area contributed by atoms with Crippen molar-refractivity contribution in [3.63, 3.8) is 0 Å². The van der Waals surface area contributed by atoms with E-state index in [2.05, 4.69) is 15.6 Å². The van der Waals surface area contributed by atoms with Crippen LogP contribution >= 0.6 is 0 Å². The Kier molecular flexibility index (Phi) is 5.09. The first-order valence-electron chi connectivity index (χ1n) is 5.27. The molecule has 6 heteroatoms. The van der Waals surface area contributed by atoms with Crippen molar-refractivity contribution < 1.29 is 9.00 Å². The smallest absolute Gasteiger partial charge is 0.253 e. The van der Waals surface area contributed by atoms with Crippen molar-refractivity contribution in [3.05, 3.63) is 23.9 Å². The topological polar surface area (TPSA) is 71.1 Å². The van der Waals surface area contributed by atoms with Gasteiger partial charge in [-0.3, -0.25) is 9.00 Å². The standard InChI is InChI=1S/C11H17N3O2S/c1-8(7-17(3)16)14-11(15)9-4-5-10(12-2)13-6-9/h4-6,8H,7H2,1-3H3,(H,12,13)(H,14,15). The number of nitrogens with one attached hydrogen (secondary N) is 2. The average molecular weight is 255 g/mol. The number of pyridine rings is 1. The molecule has 0 aliphatic heterocycles. The molecule has 0 radical (unpaired) electrons. The number of hydrogen-bond donors (Lipinski definition) is 2. The van der Waals surface area contributed by atoms with Gasteiger partial charge in [-0.05, 0) is 19.1 Å². The Morgan fingerprint density at radius 3 is 2.71 bits per heavy atom. The van der Waals surface area contributed by atoms with E-state index >= 15 is 0 Å². The van der Waals surface area contributed by atoms with Crippen LogP contribution in [0.5, 0.6) is 0 Å². The van der Waals surface area contributed by atoms with Gasteiger partial charge in [0, 0.05) is 42.1 Å². The highest BCUT2D eigenvalue weighted by Crippen LogP contribution is 2.04. The molecule has 94 valence electrons. The van der Waals surface area contributed by atoms with Gasteiger partial charge in [0.1, 0.15) is 5.82 Å². The van der Waals surface area contributed by atoms with E-state index in [0.29, 0.717) is 17.1 Å². The van der Waals surface area contributed by atoms with Crippen LogP contribution in [0.2, 0.25) is 0 Å². The van der Waals surface area contributed by atoms with Gasteiger partial charge in [-0.15, -0.1) is 0 Å². The molecule has 1 aromatic rings. The lowest BCUT2D eigenvalue weighted by molar-refractivity contribution is 0.0943. The molecule has 0 aromatic carbocycles. The van der Waals surface area contributed by atoms with Crippen molar-refractivity contribution in [2.75, 3.05) is 24.4 Å². The molecule has 0 fully saturated rings. The molecule has 0 aliphatic carbocycles. The van der Waals surface area contributed by atoms with Crippen LogP contribution in [0, 0.1) is 0 Å². The molecule has 0 aliphatic rings. The van der Waals surface area contributed by atoms with E-state index in [1.54, 1.807) is 25.4 Å². The van der Waals surface area contributed by atoms with Crippen LogP contribution in [-0.4, -0.2) is 40.2 Å². The predicted octanol–water partition coefficient (Wildman–Crippen LogP) is 0.620. The third-order valence-corrected chi connectivity index (χ3v) is 3.11. The van der Waals surface area contributed by atoms with Crippen molar-refractivity contribution in [3.8, 4) is 0 Å². The van der Waals surface area contributed by atoms with Crippen LogP contribution in [0.3, 0.4) is 0 Å². The Labute approximate surface area is 103 Å². The molecule has 2 N–H and O–H groups in total. The van der Waals surface area contributed by atoms with Gasteiger partial charge in [0.25, 0.3) is 5.91 Å². The molecule has 0 bridgehead atoms. The molecule has 0 saturated carbocycles. The van der Waals surface area contributed by atoms with E-state index in [0.717, 1.165) is 0 Å². The minimum absolute atomic E-state index is 0.114. The molecule has 1 amide bonds. The van der Waals surface area contributed by atoms with Crippen molar-refractivity contribution in [2.45, 2.75) is 13.0 Å². The summed E-state index contributed by atoms with van der Waals surface area (Å²) >= 11 is 0. The van der Waals surface area contributed by atoms with E-state index in [4.69, 9.17) is 0 Å². The molecule has 2 unspecified atom stereocenters. The summed E-state index contributed by atoms with van der Waals surface area (Å²) in [7, 11) is 0.851. The highest BCUT2D eigenvalue weighted by molar-refractivity contribution is 7.84. The van der Waals surface area contributed by atoms with Crippen molar-refractivity contribution in [2.24, 2.45) is 0 Å². The number of anilines is 1. The van der Waals surface area contributed by atoms with E-state index in [1.165, 1.54) is 6.20 Å². The molecule has 0 spiro atoms. The maximum Gasteiger partial charge on any atom is 0.253 e. The maximum absolute atomic E-state index is 11.8. The van der Waals surface area contributed by atoms with Crippen molar-refractivity contribution >= 4 is 22.5 Å². The second kappa shape index (κ2) is 6.34. The highest BCUT2D eigenvalue weighted by atomic mass is 32.2. The summed E-state index contributed by atoms with van der Waals surface area (Å²) in [6.45, 7) is 1.83. The first-order chi connectivity index (χ1) is 8.02. The predicted molar refractivity (Wildman–Crippen MR) is 69.6 cm³/mol. The van der Waals surface area contributed by atoms with Crippen LogP contribution in [0.4, 0.5) is 5.82 Å². The Morgan fingerprint density at radius 2 is 2.24 bits per heavy atom. The zero-order valence-corrected chi connectivity index (χ0v) is 11.0. The Balaban J connectivity index is 2.60. The first kappa shape index (κ1) is 13.6. The molecule has 1 aromatic heterocycles. The molecule has 1 rings (SSSR count). The van der Waals surface area contributed by atoms with Crippen LogP contribution < -0.4 is 10.6 Å². The zero-order valence-electron chi connectivity index (χ0n) is 10.2. The summed E-state index contributed by atoms with van der Waals surface area (Å²) in [5.74, 6) is 0.968. The lowest BCUT2D eigenvalue weighted by Crippen LogP contribution is -2.36. The fourth-order valence-corrected chi connectivity index (χ4v) is 2.16. The first-order valence-corrected chi connectivity index (χ1v) is 7.00. The number of nitrogens with zero attached hydrogens (tertiary/aromatic N) is 1. The number of carbonyl (C=O) groups is 1. The summed E-state index contributed by atoms with van der Waals surface area (Å²) in [4.78, 5) is 15.8. The molecular weight excluding hydrogens is 238 g/mol. The molecule has 1 heterocycles. The molecule has 5 nitrogen and oxygen atoms in total. The average Bonchev–Trinajstić information content (AvgIpc) is 2.28. The number of hydrogen-bond acceptors (Lipinski definition) is 4. The van der Waals surface area contributed by atoms with E-state index in [1.807, 2.05) is 6.92 Å². The van der Waals surface area contributed by atoms with Gasteiger partial charge >= 0.3 is 0 Å². The minimum atomic E-state index is -0.914. The van der Waals surface area contributed by atoms with Crippen molar-refractivity contribution in [1.29, 1.82) is 0 Å². The highest BCUT2D eigenvalue weighted by Gasteiger charge is 2.11. The monoisotopic (exact) mass is 255 g/mol. The second-order valence-corrected chi connectivity index (χ2v) is 5.28. The third-order valence-electron chi connectivity index (χ3n) is 2.14. The fraction of sp³-hybridized carbons (Fsp3) is 0.455. The fourth-order valence-electron chi connectivity index (χ4n) is 1.38. The molecular formula is C11H17N3O2S. The zero-order chi connectivity index (χ0) is 12.8. The molecule has 0 saturated heterocycles. The lowest BCUT2D eigenvalue weighted by Gasteiger charge is -2.12. The van der Waals surface area contributed by atoms with Crippen LogP contribution in [0.25, 0.3) is 0 Å². The number of aromatic nitrogens is 1. The van der Waals surface area contributed by atoms with Crippen molar-refractivity contribution in [1.82, 2.24) is 10.3 Å². The normalized spacial score (nSPS) is 13.8. The molecule has 17 heavy (non-hydrogen) atoms. The van der Waals surface area contributed by atoms with Gasteiger partial charge in [0.15, 0.2) is 0 Å². The largest absolute Gasteiger partial charge is 0.373 e. The Morgan fingerprint density at radius 1 is 1.53 bits per heavy atom. The number of carbonyl (C=O) groups excluding carboxylic acids is 1. The van der Waals surface area contributed by atoms with E-state index < -0.39 is 10.8 Å². The van der Waals surface area contributed by atoms with Crippen LogP contribution in [0.1, 0.15) is 17.3 Å². The molecule has 2 atom stereocenters. The summed E-state index contributed by atoms with van der Waals surface area (Å²) in [5.41, 5.74) is 0.498. The van der Waals surface area contributed by atoms with Gasteiger partial charge < -0.3 is 10.6 Å². The van der Waals surface area contributed by atoms with Gasteiger partial charge in [0.05, 0.1) is 5.56 Å². The quantitative estimate of drug-likeness (QED) is 0.809. The number of rotatable bonds is 5. The van der Waals surface area contributed by atoms with Gasteiger partial charge in [-0.25, -0.2) is 4.98 Å². The second-order valence-electron chi connectivity index (χ2n) is 3.80. The van der Waals surface area contributed by atoms with Gasteiger partial charge in [-0.2, -0.15) is 0 Å². The van der Waals surface area contributed by atoms with E-state index in [9.17, 15) is 9.00 Å². The lowest BCUT2D eigenvalue weighted by atomic mass is 10.2. The summed E-state index contributed by atoms with van der Waals surface area (Å²) in [5, 5.41) is 5.65. The Bertz CT molecular complexity index is 406. The summed E-state index contributed by atoms with van der Waals surface area (Å²) in [6, 6.07) is 3.32. The van der Waals surface area contributed by atoms with Crippen LogP contribution in [-0.2, 0) is 10.8 Å². The van der Waals surface area contributed by atoms with Gasteiger partial charge in [-0.1, -0.05) is 0 Å². The SMILES string of the molecule is CNc1ccc(C(=O)NC(C)CS(C)=O)cn1. The number of amides is 1. The van der Waals surface area contributed by atoms with E-state index in [-0.39, 0.29) is 11.9 Å².